The molecule has 0 aromatic carbocycles. The second-order valence-corrected chi connectivity index (χ2v) is 3.60. The molecule has 1 saturated heterocycles. The van der Waals surface area contributed by atoms with Gasteiger partial charge in [-0.1, -0.05) is 6.92 Å². The first-order valence-corrected chi connectivity index (χ1v) is 4.40. The van der Waals surface area contributed by atoms with E-state index in [1.54, 1.807) is 6.92 Å². The van der Waals surface area contributed by atoms with Crippen molar-refractivity contribution in [1.82, 2.24) is 0 Å². The molecule has 5 heteroatoms. The number of thiol groups is 1. The summed E-state index contributed by atoms with van der Waals surface area (Å²) in [6.45, 7) is 1.43. The number of rotatable bonds is 1. The van der Waals surface area contributed by atoms with E-state index >= 15 is 0 Å². The van der Waals surface area contributed by atoms with Crippen molar-refractivity contribution in [2.75, 3.05) is 6.61 Å². The monoisotopic (exact) mass is 194 g/mol. The van der Waals surface area contributed by atoms with Gasteiger partial charge in [0, 0.05) is 5.92 Å². The Bertz CT molecular complexity index is 150. The lowest BCUT2D eigenvalue weighted by molar-refractivity contribution is -0.180. The average molecular weight is 194 g/mol. The molecule has 0 aliphatic carbocycles. The van der Waals surface area contributed by atoms with E-state index in [-0.39, 0.29) is 12.5 Å². The van der Waals surface area contributed by atoms with E-state index in [1.165, 1.54) is 0 Å². The predicted octanol–water partition coefficient (Wildman–Crippen LogP) is -1.01. The summed E-state index contributed by atoms with van der Waals surface area (Å²) >= 11 is 4.06. The number of aliphatic hydroxyl groups excluding tert-OH is 3. The first kappa shape index (κ1) is 10.3. The summed E-state index contributed by atoms with van der Waals surface area (Å²) in [5.74, 6) is -0.230. The molecule has 0 bridgehead atoms. The van der Waals surface area contributed by atoms with Crippen molar-refractivity contribution < 1.29 is 20.1 Å². The first-order valence-electron chi connectivity index (χ1n) is 3.88. The first-order chi connectivity index (χ1) is 5.57. The Kier molecular flexibility index (Phi) is 3.37. The van der Waals surface area contributed by atoms with E-state index in [0.29, 0.717) is 0 Å². The minimum Gasteiger partial charge on any atom is -0.394 e. The quantitative estimate of drug-likeness (QED) is 0.404. The van der Waals surface area contributed by atoms with Crippen LogP contribution >= 0.6 is 12.6 Å². The van der Waals surface area contributed by atoms with Crippen LogP contribution in [0.2, 0.25) is 0 Å². The SMILES string of the molecule is C[C@@H]1C(S)OC(CO)[C@H](O)[C@@H]1O. The van der Waals surface area contributed by atoms with Crippen molar-refractivity contribution in [3.8, 4) is 0 Å². The predicted molar refractivity (Wildman–Crippen MR) is 45.9 cm³/mol. The second kappa shape index (κ2) is 3.93. The molecule has 0 aromatic heterocycles. The van der Waals surface area contributed by atoms with Gasteiger partial charge in [0.25, 0.3) is 0 Å². The molecule has 5 atom stereocenters. The molecule has 1 aliphatic heterocycles. The number of ether oxygens (including phenoxy) is 1. The lowest BCUT2D eigenvalue weighted by Crippen LogP contribution is -2.53. The Labute approximate surface area is 76.6 Å². The van der Waals surface area contributed by atoms with Crippen LogP contribution in [0.5, 0.6) is 0 Å². The average Bonchev–Trinajstić information content (AvgIpc) is 2.08. The van der Waals surface area contributed by atoms with Crippen LogP contribution in [0.15, 0.2) is 0 Å². The normalized spacial score (nSPS) is 49.2. The zero-order valence-electron chi connectivity index (χ0n) is 6.79. The minimum atomic E-state index is -1.02. The Morgan fingerprint density at radius 1 is 1.33 bits per heavy atom. The van der Waals surface area contributed by atoms with E-state index in [2.05, 4.69) is 12.6 Å². The fourth-order valence-electron chi connectivity index (χ4n) is 1.23. The number of aliphatic hydroxyl groups is 3. The van der Waals surface area contributed by atoms with Crippen LogP contribution in [0.1, 0.15) is 6.92 Å². The van der Waals surface area contributed by atoms with Gasteiger partial charge in [-0.2, -0.15) is 0 Å². The van der Waals surface area contributed by atoms with Crippen molar-refractivity contribution in [3.05, 3.63) is 0 Å². The summed E-state index contributed by atoms with van der Waals surface area (Å²) in [6.07, 6.45) is -2.62. The van der Waals surface area contributed by atoms with Crippen LogP contribution in [0, 0.1) is 5.92 Å². The number of hydrogen-bond donors (Lipinski definition) is 4. The summed E-state index contributed by atoms with van der Waals surface area (Å²) in [6, 6.07) is 0. The Morgan fingerprint density at radius 3 is 2.42 bits per heavy atom. The van der Waals surface area contributed by atoms with E-state index in [1.807, 2.05) is 0 Å². The molecule has 1 rings (SSSR count). The third kappa shape index (κ3) is 1.75. The molecule has 1 aliphatic rings. The van der Waals surface area contributed by atoms with Crippen LogP contribution < -0.4 is 0 Å². The van der Waals surface area contributed by atoms with Gasteiger partial charge in [-0.3, -0.25) is 0 Å². The maximum atomic E-state index is 9.43. The third-order valence-electron chi connectivity index (χ3n) is 2.21. The van der Waals surface area contributed by atoms with Crippen LogP contribution in [0.3, 0.4) is 0 Å². The highest BCUT2D eigenvalue weighted by Crippen LogP contribution is 2.27. The van der Waals surface area contributed by atoms with Crippen molar-refractivity contribution in [2.45, 2.75) is 30.7 Å². The van der Waals surface area contributed by atoms with Crippen LogP contribution in [0.4, 0.5) is 0 Å². The van der Waals surface area contributed by atoms with Crippen LogP contribution in [-0.4, -0.2) is 45.7 Å². The Balaban J connectivity index is 2.63. The molecular weight excluding hydrogens is 180 g/mol. The van der Waals surface area contributed by atoms with Crippen molar-refractivity contribution in [3.63, 3.8) is 0 Å². The fourth-order valence-corrected chi connectivity index (χ4v) is 1.57. The molecule has 0 saturated carbocycles. The van der Waals surface area contributed by atoms with Gasteiger partial charge in [0.15, 0.2) is 0 Å². The molecule has 0 spiro atoms. The largest absolute Gasteiger partial charge is 0.394 e. The van der Waals surface area contributed by atoms with Crippen LogP contribution in [-0.2, 0) is 4.74 Å². The smallest absolute Gasteiger partial charge is 0.110 e. The van der Waals surface area contributed by atoms with Gasteiger partial charge in [-0.15, -0.1) is 12.6 Å². The van der Waals surface area contributed by atoms with Crippen molar-refractivity contribution in [1.29, 1.82) is 0 Å². The molecule has 0 aromatic rings. The van der Waals surface area contributed by atoms with Gasteiger partial charge in [-0.05, 0) is 0 Å². The maximum absolute atomic E-state index is 9.43. The van der Waals surface area contributed by atoms with Crippen molar-refractivity contribution in [2.24, 2.45) is 5.92 Å². The standard InChI is InChI=1S/C7H14O4S/c1-3-5(9)6(10)4(2-8)11-7(3)12/h3-10,12H,2H2,1H3/t3-,4?,5+,6-,7?/m0/s1. The summed E-state index contributed by atoms with van der Waals surface area (Å²) in [7, 11) is 0. The molecule has 1 fully saturated rings. The van der Waals surface area contributed by atoms with E-state index in [4.69, 9.17) is 9.84 Å². The molecule has 0 amide bonds. The zero-order chi connectivity index (χ0) is 9.30. The van der Waals surface area contributed by atoms with Gasteiger partial charge in [0.2, 0.25) is 0 Å². The minimum absolute atomic E-state index is 0.230. The van der Waals surface area contributed by atoms with Crippen molar-refractivity contribution >= 4 is 12.6 Å². The topological polar surface area (TPSA) is 69.9 Å². The fraction of sp³-hybridized carbons (Fsp3) is 1.00. The highest BCUT2D eigenvalue weighted by Gasteiger charge is 2.40. The lowest BCUT2D eigenvalue weighted by Gasteiger charge is -2.38. The number of hydrogen-bond acceptors (Lipinski definition) is 5. The molecule has 2 unspecified atom stereocenters. The van der Waals surface area contributed by atoms with E-state index < -0.39 is 23.7 Å². The lowest BCUT2D eigenvalue weighted by atomic mass is 9.94. The van der Waals surface area contributed by atoms with Gasteiger partial charge < -0.3 is 20.1 Å². The zero-order valence-corrected chi connectivity index (χ0v) is 7.69. The second-order valence-electron chi connectivity index (χ2n) is 3.09. The van der Waals surface area contributed by atoms with Crippen LogP contribution in [0.25, 0.3) is 0 Å². The maximum Gasteiger partial charge on any atom is 0.110 e. The molecule has 0 radical (unpaired) electrons. The summed E-state index contributed by atoms with van der Waals surface area (Å²) < 4.78 is 5.13. The molecule has 12 heavy (non-hydrogen) atoms. The molecule has 72 valence electrons. The molecule has 3 N–H and O–H groups in total. The highest BCUT2D eigenvalue weighted by molar-refractivity contribution is 7.80. The Hall–Kier alpha value is 0.190. The molecular formula is C7H14O4S. The summed E-state index contributed by atoms with van der Waals surface area (Å²) in [4.78, 5) is 0. The summed E-state index contributed by atoms with van der Waals surface area (Å²) in [5.41, 5.74) is -0.430. The highest BCUT2D eigenvalue weighted by atomic mass is 32.1. The van der Waals surface area contributed by atoms with Gasteiger partial charge in [0.1, 0.15) is 17.6 Å². The molecule has 4 nitrogen and oxygen atoms in total. The van der Waals surface area contributed by atoms with E-state index in [0.717, 1.165) is 0 Å². The third-order valence-corrected chi connectivity index (χ3v) is 2.81. The van der Waals surface area contributed by atoms with Gasteiger partial charge in [0.05, 0.1) is 12.7 Å². The van der Waals surface area contributed by atoms with E-state index in [9.17, 15) is 10.2 Å². The Morgan fingerprint density at radius 2 is 1.92 bits per heavy atom. The molecule has 1 heterocycles. The van der Waals surface area contributed by atoms with Gasteiger partial charge in [-0.25, -0.2) is 0 Å². The summed E-state index contributed by atoms with van der Waals surface area (Å²) in [5, 5.41) is 27.5. The van der Waals surface area contributed by atoms with Gasteiger partial charge >= 0.3 is 0 Å².